The molecule has 9 nitrogen and oxygen atoms in total. The first-order chi connectivity index (χ1) is 11.9. The lowest BCUT2D eigenvalue weighted by atomic mass is 10.2. The van der Waals surface area contributed by atoms with Gasteiger partial charge in [-0.1, -0.05) is 30.3 Å². The molecule has 0 radical (unpaired) electrons. The molecule has 25 heavy (non-hydrogen) atoms. The molecule has 0 aliphatic heterocycles. The number of carboxylic acids is 1. The third kappa shape index (κ3) is 4.74. The highest BCUT2D eigenvalue weighted by atomic mass is 16.6. The minimum absolute atomic E-state index is 0.102. The van der Waals surface area contributed by atoms with Crippen molar-refractivity contribution in [2.24, 2.45) is 0 Å². The molecule has 0 aliphatic rings. The fourth-order valence-corrected chi connectivity index (χ4v) is 2.05. The maximum absolute atomic E-state index is 12.3. The average Bonchev–Trinajstić information content (AvgIpc) is 2.58. The van der Waals surface area contributed by atoms with Crippen molar-refractivity contribution in [3.05, 3.63) is 63.8 Å². The zero-order valence-electron chi connectivity index (χ0n) is 13.3. The maximum atomic E-state index is 12.3. The summed E-state index contributed by atoms with van der Waals surface area (Å²) in [6.45, 7) is 0.680. The number of aliphatic carboxylic acids is 1. The number of ether oxygens (including phenoxy) is 1. The lowest BCUT2D eigenvalue weighted by Crippen LogP contribution is -2.37. The number of hydrogen-bond acceptors (Lipinski definition) is 6. The summed E-state index contributed by atoms with van der Waals surface area (Å²) in [4.78, 5) is 38.3. The van der Waals surface area contributed by atoms with E-state index in [0.717, 1.165) is 0 Å². The number of nitrogens with zero attached hydrogens (tertiary/aromatic N) is 3. The van der Waals surface area contributed by atoms with Crippen molar-refractivity contribution in [3.8, 4) is 0 Å². The Labute approximate surface area is 142 Å². The van der Waals surface area contributed by atoms with Crippen LogP contribution in [0.1, 0.15) is 11.1 Å². The molecular weight excluding hydrogens is 330 g/mol. The molecule has 0 atom stereocenters. The largest absolute Gasteiger partial charge is 0.480 e. The number of nitro groups is 1. The van der Waals surface area contributed by atoms with E-state index < -0.39 is 29.2 Å². The molecule has 1 amide bonds. The smallest absolute Gasteiger partial charge is 0.416 e. The molecular formula is C16H15N3O6. The van der Waals surface area contributed by atoms with Crippen LogP contribution in [0, 0.1) is 17.0 Å². The van der Waals surface area contributed by atoms with Crippen molar-refractivity contribution in [3.63, 3.8) is 0 Å². The second-order valence-corrected chi connectivity index (χ2v) is 5.13. The second kappa shape index (κ2) is 7.86. The number of rotatable bonds is 6. The van der Waals surface area contributed by atoms with Gasteiger partial charge in [-0.15, -0.1) is 0 Å². The number of benzene rings is 1. The molecule has 9 heteroatoms. The first-order valence-corrected chi connectivity index (χ1v) is 7.19. The fourth-order valence-electron chi connectivity index (χ4n) is 2.05. The van der Waals surface area contributed by atoms with Gasteiger partial charge in [-0.2, -0.15) is 0 Å². The van der Waals surface area contributed by atoms with E-state index in [-0.39, 0.29) is 12.4 Å². The van der Waals surface area contributed by atoms with Crippen LogP contribution in [-0.2, 0) is 16.1 Å². The molecule has 0 bridgehead atoms. The van der Waals surface area contributed by atoms with Crippen LogP contribution in [0.2, 0.25) is 0 Å². The molecule has 0 spiro atoms. The second-order valence-electron chi connectivity index (χ2n) is 5.13. The van der Waals surface area contributed by atoms with E-state index in [1.54, 1.807) is 37.3 Å². The molecule has 0 saturated carbocycles. The normalized spacial score (nSPS) is 10.1. The summed E-state index contributed by atoms with van der Waals surface area (Å²) in [6, 6.07) is 9.96. The Hall–Kier alpha value is -3.49. The first-order valence-electron chi connectivity index (χ1n) is 7.19. The van der Waals surface area contributed by atoms with Crippen LogP contribution >= 0.6 is 0 Å². The monoisotopic (exact) mass is 345 g/mol. The molecule has 0 aliphatic carbocycles. The summed E-state index contributed by atoms with van der Waals surface area (Å²) < 4.78 is 5.07. The number of aryl methyl sites for hydroxylation is 1. The Kier molecular flexibility index (Phi) is 5.62. The van der Waals surface area contributed by atoms with E-state index in [2.05, 4.69) is 4.98 Å². The lowest BCUT2D eigenvalue weighted by Gasteiger charge is -2.19. The first kappa shape index (κ1) is 17.9. The Morgan fingerprint density at radius 1 is 1.32 bits per heavy atom. The summed E-state index contributed by atoms with van der Waals surface area (Å²) in [5.41, 5.74) is 0.721. The molecule has 130 valence electrons. The Morgan fingerprint density at radius 2 is 2.00 bits per heavy atom. The number of amides is 1. The molecule has 2 rings (SSSR count). The highest BCUT2D eigenvalue weighted by Gasteiger charge is 2.29. The molecule has 1 aromatic heterocycles. The van der Waals surface area contributed by atoms with Gasteiger partial charge in [-0.3, -0.25) is 14.9 Å². The van der Waals surface area contributed by atoms with E-state index in [9.17, 15) is 19.7 Å². The van der Waals surface area contributed by atoms with Crippen LogP contribution < -0.4 is 4.90 Å². The maximum Gasteiger partial charge on any atom is 0.416 e. The van der Waals surface area contributed by atoms with Gasteiger partial charge in [0.05, 0.1) is 4.92 Å². The topological polar surface area (TPSA) is 123 Å². The van der Waals surface area contributed by atoms with E-state index in [1.807, 2.05) is 0 Å². The SMILES string of the molecule is Cc1cnc(N(CC(=O)O)C(=O)OCc2ccccc2)c([N+](=O)[O-])c1. The predicted octanol–water partition coefficient (Wildman–Crippen LogP) is 2.53. The van der Waals surface area contributed by atoms with Crippen LogP contribution in [0.25, 0.3) is 0 Å². The Balaban J connectivity index is 2.28. The van der Waals surface area contributed by atoms with Crippen molar-refractivity contribution in [1.82, 2.24) is 4.98 Å². The molecule has 0 saturated heterocycles. The summed E-state index contributed by atoms with van der Waals surface area (Å²) in [6.07, 6.45) is 0.271. The van der Waals surface area contributed by atoms with Crippen LogP contribution in [-0.4, -0.2) is 33.6 Å². The quantitative estimate of drug-likeness (QED) is 0.630. The van der Waals surface area contributed by atoms with E-state index >= 15 is 0 Å². The van der Waals surface area contributed by atoms with Crippen LogP contribution in [0.4, 0.5) is 16.3 Å². The minimum atomic E-state index is -1.35. The number of pyridine rings is 1. The van der Waals surface area contributed by atoms with Gasteiger partial charge < -0.3 is 9.84 Å². The van der Waals surface area contributed by atoms with Gasteiger partial charge in [0.15, 0.2) is 0 Å². The summed E-state index contributed by atoms with van der Waals surface area (Å²) in [7, 11) is 0. The number of carbonyl (C=O) groups is 2. The third-order valence-corrected chi connectivity index (χ3v) is 3.16. The molecule has 2 aromatic rings. The zero-order valence-corrected chi connectivity index (χ0v) is 13.3. The Bertz CT molecular complexity index is 794. The van der Waals surface area contributed by atoms with E-state index in [1.165, 1.54) is 12.3 Å². The molecule has 1 N–H and O–H groups in total. The number of carbonyl (C=O) groups excluding carboxylic acids is 1. The highest BCUT2D eigenvalue weighted by molar-refractivity contribution is 5.94. The summed E-state index contributed by atoms with van der Waals surface area (Å²) >= 11 is 0. The van der Waals surface area contributed by atoms with Gasteiger partial charge in [0.2, 0.25) is 5.82 Å². The van der Waals surface area contributed by atoms with Gasteiger partial charge in [0.1, 0.15) is 13.2 Å². The van der Waals surface area contributed by atoms with Gasteiger partial charge >= 0.3 is 17.7 Å². The van der Waals surface area contributed by atoms with Crippen molar-refractivity contribution in [2.45, 2.75) is 13.5 Å². The van der Waals surface area contributed by atoms with Gasteiger partial charge in [-0.05, 0) is 18.1 Å². The highest BCUT2D eigenvalue weighted by Crippen LogP contribution is 2.27. The summed E-state index contributed by atoms with van der Waals surface area (Å²) in [5.74, 6) is -1.73. The van der Waals surface area contributed by atoms with Crippen LogP contribution in [0.15, 0.2) is 42.6 Å². The number of anilines is 1. The average molecular weight is 345 g/mol. The third-order valence-electron chi connectivity index (χ3n) is 3.16. The van der Waals surface area contributed by atoms with Crippen molar-refractivity contribution >= 4 is 23.6 Å². The lowest BCUT2D eigenvalue weighted by molar-refractivity contribution is -0.384. The van der Waals surface area contributed by atoms with Crippen LogP contribution in [0.5, 0.6) is 0 Å². The molecule has 1 aromatic carbocycles. The molecule has 0 unspecified atom stereocenters. The minimum Gasteiger partial charge on any atom is -0.480 e. The van der Waals surface area contributed by atoms with Crippen LogP contribution in [0.3, 0.4) is 0 Å². The summed E-state index contributed by atoms with van der Waals surface area (Å²) in [5, 5.41) is 20.2. The van der Waals surface area contributed by atoms with E-state index in [0.29, 0.717) is 16.0 Å². The van der Waals surface area contributed by atoms with Crippen molar-refractivity contribution < 1.29 is 24.4 Å². The van der Waals surface area contributed by atoms with Gasteiger partial charge in [0, 0.05) is 12.3 Å². The number of aromatic nitrogens is 1. The number of hydrogen-bond donors (Lipinski definition) is 1. The zero-order chi connectivity index (χ0) is 18.4. The fraction of sp³-hybridized carbons (Fsp3) is 0.188. The van der Waals surface area contributed by atoms with Crippen molar-refractivity contribution in [2.75, 3.05) is 11.4 Å². The molecule has 1 heterocycles. The van der Waals surface area contributed by atoms with Gasteiger partial charge in [0.25, 0.3) is 0 Å². The number of carboxylic acid groups (broad SMARTS) is 1. The van der Waals surface area contributed by atoms with Gasteiger partial charge in [-0.25, -0.2) is 14.7 Å². The standard InChI is InChI=1S/C16H15N3O6/c1-11-7-13(19(23)24)15(17-8-11)18(9-14(20)21)16(22)25-10-12-5-3-2-4-6-12/h2-8H,9-10H2,1H3,(H,20,21). The van der Waals surface area contributed by atoms with Crippen molar-refractivity contribution in [1.29, 1.82) is 0 Å². The Morgan fingerprint density at radius 3 is 2.60 bits per heavy atom. The van der Waals surface area contributed by atoms with E-state index in [4.69, 9.17) is 9.84 Å². The predicted molar refractivity (Wildman–Crippen MR) is 87.2 cm³/mol. The molecule has 0 fully saturated rings.